The van der Waals surface area contributed by atoms with Crippen LogP contribution in [-0.4, -0.2) is 5.84 Å². The third-order valence-electron chi connectivity index (χ3n) is 1.18. The molecule has 0 fully saturated rings. The summed E-state index contributed by atoms with van der Waals surface area (Å²) >= 11 is 0. The minimum absolute atomic E-state index is 0.00688. The summed E-state index contributed by atoms with van der Waals surface area (Å²) < 4.78 is 0. The predicted octanol–water partition coefficient (Wildman–Crippen LogP) is 0.811. The topological polar surface area (TPSA) is 75.9 Å². The zero-order chi connectivity index (χ0) is 8.36. The first-order valence-electron chi connectivity index (χ1n) is 3.15. The van der Waals surface area contributed by atoms with Crippen molar-refractivity contribution in [3.63, 3.8) is 0 Å². The van der Waals surface area contributed by atoms with Crippen molar-refractivity contribution in [3.8, 4) is 0 Å². The Labute approximate surface area is 61.6 Å². The smallest absolute Gasteiger partial charge is 0.117 e. The van der Waals surface area contributed by atoms with Crippen LogP contribution in [0.1, 0.15) is 20.8 Å². The molecule has 3 nitrogen and oxygen atoms in total. The van der Waals surface area contributed by atoms with Gasteiger partial charge >= 0.3 is 0 Å². The first kappa shape index (κ1) is 9.01. The predicted molar refractivity (Wildman–Crippen MR) is 43.6 cm³/mol. The van der Waals surface area contributed by atoms with Gasteiger partial charge in [0.1, 0.15) is 5.84 Å². The molecule has 0 rings (SSSR count). The zero-order valence-corrected chi connectivity index (χ0v) is 6.73. The van der Waals surface area contributed by atoms with Gasteiger partial charge in [0.25, 0.3) is 0 Å². The highest BCUT2D eigenvalue weighted by molar-refractivity contribution is 5.89. The molecule has 0 atom stereocenters. The van der Waals surface area contributed by atoms with E-state index in [1.807, 2.05) is 20.8 Å². The molecule has 0 saturated carbocycles. The molecule has 0 aromatic carbocycles. The van der Waals surface area contributed by atoms with Crippen LogP contribution in [0.4, 0.5) is 0 Å². The summed E-state index contributed by atoms with van der Waals surface area (Å²) in [5.41, 5.74) is 11.3. The Morgan fingerprint density at radius 3 is 1.80 bits per heavy atom. The molecule has 0 aromatic heterocycles. The Morgan fingerprint density at radius 2 is 1.70 bits per heavy atom. The summed E-state index contributed by atoms with van der Waals surface area (Å²) in [4.78, 5) is 0. The Hall–Kier alpha value is -0.990. The lowest BCUT2D eigenvalue weighted by atomic mass is 9.92. The minimum atomic E-state index is -0.0916. The van der Waals surface area contributed by atoms with Gasteiger partial charge in [0, 0.05) is 11.1 Å². The maximum atomic E-state index is 6.93. The van der Waals surface area contributed by atoms with Crippen LogP contribution in [0.5, 0.6) is 0 Å². The molecule has 0 unspecified atom stereocenters. The third kappa shape index (κ3) is 3.12. The average molecular weight is 141 g/mol. The summed E-state index contributed by atoms with van der Waals surface area (Å²) in [6, 6.07) is 0. The molecular weight excluding hydrogens is 126 g/mol. The van der Waals surface area contributed by atoms with Gasteiger partial charge in [-0.15, -0.1) is 0 Å². The Balaban J connectivity index is 4.35. The van der Waals surface area contributed by atoms with Crippen LogP contribution < -0.4 is 11.5 Å². The van der Waals surface area contributed by atoms with E-state index in [0.717, 1.165) is 0 Å². The number of nitrogens with one attached hydrogen (secondary N) is 1. The quantitative estimate of drug-likeness (QED) is 0.373. The van der Waals surface area contributed by atoms with Crippen LogP contribution >= 0.6 is 0 Å². The zero-order valence-electron chi connectivity index (χ0n) is 6.73. The van der Waals surface area contributed by atoms with Crippen LogP contribution in [0.2, 0.25) is 0 Å². The van der Waals surface area contributed by atoms with Crippen molar-refractivity contribution in [2.75, 3.05) is 0 Å². The second-order valence-corrected chi connectivity index (χ2v) is 3.31. The summed E-state index contributed by atoms with van der Waals surface area (Å²) in [6.07, 6.45) is 1.47. The van der Waals surface area contributed by atoms with E-state index in [-0.39, 0.29) is 11.3 Å². The van der Waals surface area contributed by atoms with Crippen molar-refractivity contribution < 1.29 is 0 Å². The molecular formula is C7H15N3. The largest absolute Gasteiger partial charge is 0.402 e. The van der Waals surface area contributed by atoms with Crippen LogP contribution in [0.25, 0.3) is 0 Å². The fourth-order valence-electron chi connectivity index (χ4n) is 0.384. The maximum absolute atomic E-state index is 6.93. The fraction of sp³-hybridized carbons (Fsp3) is 0.571. The molecule has 0 heterocycles. The summed E-state index contributed by atoms with van der Waals surface area (Å²) in [5.74, 6) is 0.00688. The molecule has 10 heavy (non-hydrogen) atoms. The van der Waals surface area contributed by atoms with E-state index in [1.165, 1.54) is 6.08 Å². The highest BCUT2D eigenvalue weighted by Gasteiger charge is 2.12. The maximum Gasteiger partial charge on any atom is 0.117 e. The highest BCUT2D eigenvalue weighted by atomic mass is 14.7. The summed E-state index contributed by atoms with van der Waals surface area (Å²) in [5, 5.41) is 6.93. The Morgan fingerprint density at radius 1 is 1.30 bits per heavy atom. The molecule has 3 heteroatoms. The van der Waals surface area contributed by atoms with E-state index >= 15 is 0 Å². The Bertz CT molecular complexity index is 162. The molecule has 0 saturated heterocycles. The Kier molecular flexibility index (Phi) is 2.46. The van der Waals surface area contributed by atoms with Gasteiger partial charge in [-0.05, 0) is 6.08 Å². The molecule has 58 valence electrons. The first-order valence-corrected chi connectivity index (χ1v) is 3.15. The fourth-order valence-corrected chi connectivity index (χ4v) is 0.384. The van der Waals surface area contributed by atoms with E-state index in [0.29, 0.717) is 5.70 Å². The first-order chi connectivity index (χ1) is 4.34. The third-order valence-corrected chi connectivity index (χ3v) is 1.18. The number of allylic oxidation sites excluding steroid dienone is 1. The van der Waals surface area contributed by atoms with Crippen LogP contribution in [-0.2, 0) is 0 Å². The molecule has 0 amide bonds. The van der Waals surface area contributed by atoms with Crippen molar-refractivity contribution in [1.82, 2.24) is 0 Å². The normalized spacial score (nSPS) is 13.3. The molecule has 0 aliphatic heterocycles. The van der Waals surface area contributed by atoms with Crippen molar-refractivity contribution in [3.05, 3.63) is 11.8 Å². The minimum Gasteiger partial charge on any atom is -0.402 e. The van der Waals surface area contributed by atoms with Crippen molar-refractivity contribution >= 4 is 5.84 Å². The van der Waals surface area contributed by atoms with Gasteiger partial charge in [0.15, 0.2) is 0 Å². The van der Waals surface area contributed by atoms with Crippen molar-refractivity contribution in [2.45, 2.75) is 20.8 Å². The standard InChI is InChI=1S/C7H15N3/c1-7(2,3)5(8)4-6(9)10/h4H,8H2,1-3H3,(H3,9,10)/b5-4-. The molecule has 5 N–H and O–H groups in total. The number of hydrogen-bond acceptors (Lipinski definition) is 2. The molecule has 0 bridgehead atoms. The molecule has 0 radical (unpaired) electrons. The van der Waals surface area contributed by atoms with Gasteiger partial charge in [0.05, 0.1) is 0 Å². The van der Waals surface area contributed by atoms with Gasteiger partial charge in [0.2, 0.25) is 0 Å². The van der Waals surface area contributed by atoms with Crippen molar-refractivity contribution in [2.24, 2.45) is 16.9 Å². The number of nitrogens with two attached hydrogens (primary N) is 2. The lowest BCUT2D eigenvalue weighted by Gasteiger charge is -2.18. The van der Waals surface area contributed by atoms with Crippen molar-refractivity contribution in [1.29, 1.82) is 5.41 Å². The monoisotopic (exact) mass is 141 g/mol. The van der Waals surface area contributed by atoms with E-state index in [1.54, 1.807) is 0 Å². The summed E-state index contributed by atoms with van der Waals surface area (Å²) in [7, 11) is 0. The second kappa shape index (κ2) is 2.73. The number of hydrogen-bond donors (Lipinski definition) is 3. The second-order valence-electron chi connectivity index (χ2n) is 3.31. The lowest BCUT2D eigenvalue weighted by molar-refractivity contribution is 0.498. The van der Waals surface area contributed by atoms with Gasteiger partial charge in [-0.3, -0.25) is 5.41 Å². The SMILES string of the molecule is CC(C)(C)/C(N)=C/C(=N)N. The van der Waals surface area contributed by atoms with Gasteiger partial charge < -0.3 is 11.5 Å². The highest BCUT2D eigenvalue weighted by Crippen LogP contribution is 2.19. The molecule has 0 aromatic rings. The van der Waals surface area contributed by atoms with E-state index in [4.69, 9.17) is 16.9 Å². The van der Waals surface area contributed by atoms with E-state index in [9.17, 15) is 0 Å². The molecule has 0 aliphatic carbocycles. The van der Waals surface area contributed by atoms with E-state index < -0.39 is 0 Å². The van der Waals surface area contributed by atoms with Crippen LogP contribution in [0.3, 0.4) is 0 Å². The number of rotatable bonds is 1. The lowest BCUT2D eigenvalue weighted by Crippen LogP contribution is -2.20. The van der Waals surface area contributed by atoms with Crippen LogP contribution in [0, 0.1) is 10.8 Å². The molecule has 0 aliphatic rings. The van der Waals surface area contributed by atoms with Gasteiger partial charge in [-0.25, -0.2) is 0 Å². The molecule has 0 spiro atoms. The number of amidine groups is 1. The van der Waals surface area contributed by atoms with Gasteiger partial charge in [-0.2, -0.15) is 0 Å². The summed E-state index contributed by atoms with van der Waals surface area (Å²) in [6.45, 7) is 5.92. The average Bonchev–Trinajstić information content (AvgIpc) is 1.60. The van der Waals surface area contributed by atoms with Crippen LogP contribution in [0.15, 0.2) is 11.8 Å². The van der Waals surface area contributed by atoms with E-state index in [2.05, 4.69) is 0 Å². The van der Waals surface area contributed by atoms with Gasteiger partial charge in [-0.1, -0.05) is 20.8 Å².